The first-order chi connectivity index (χ1) is 12.5. The van der Waals surface area contributed by atoms with Crippen molar-refractivity contribution in [2.45, 2.75) is 45.6 Å². The molecule has 2 fully saturated rings. The zero-order chi connectivity index (χ0) is 18.6. The fraction of sp³-hybridized carbons (Fsp3) is 0.700. The Balaban J connectivity index is 1.63. The van der Waals surface area contributed by atoms with Gasteiger partial charge in [0, 0.05) is 26.2 Å². The van der Waals surface area contributed by atoms with Gasteiger partial charge >= 0.3 is 0 Å². The van der Waals surface area contributed by atoms with Gasteiger partial charge in [-0.3, -0.25) is 4.90 Å². The molecule has 3 rings (SSSR count). The molecule has 2 heterocycles. The van der Waals surface area contributed by atoms with E-state index in [1.54, 1.807) is 11.4 Å². The van der Waals surface area contributed by atoms with Gasteiger partial charge in [-0.25, -0.2) is 12.7 Å². The van der Waals surface area contributed by atoms with Crippen molar-refractivity contribution in [3.05, 3.63) is 29.8 Å². The highest BCUT2D eigenvalue weighted by Crippen LogP contribution is 2.40. The topological polar surface area (TPSA) is 49.9 Å². The van der Waals surface area contributed by atoms with E-state index in [-0.39, 0.29) is 5.41 Å². The number of hydrogen-bond acceptors (Lipinski definition) is 4. The second-order valence-corrected chi connectivity index (χ2v) is 10.0. The van der Waals surface area contributed by atoms with Crippen LogP contribution in [0.3, 0.4) is 0 Å². The van der Waals surface area contributed by atoms with E-state index in [4.69, 9.17) is 4.74 Å². The van der Waals surface area contributed by atoms with Crippen molar-refractivity contribution in [3.8, 4) is 5.75 Å². The molecule has 5 nitrogen and oxygen atoms in total. The lowest BCUT2D eigenvalue weighted by atomic mass is 9.79. The van der Waals surface area contributed by atoms with Crippen LogP contribution in [-0.4, -0.2) is 56.7 Å². The Morgan fingerprint density at radius 1 is 1.19 bits per heavy atom. The van der Waals surface area contributed by atoms with Crippen molar-refractivity contribution >= 4 is 10.0 Å². The maximum atomic E-state index is 12.6. The molecule has 0 bridgehead atoms. The third-order valence-electron chi connectivity index (χ3n) is 5.83. The molecule has 2 saturated heterocycles. The lowest BCUT2D eigenvalue weighted by Crippen LogP contribution is -2.45. The van der Waals surface area contributed by atoms with Crippen LogP contribution in [0.15, 0.2) is 24.3 Å². The molecule has 1 unspecified atom stereocenters. The molecule has 1 atom stereocenters. The van der Waals surface area contributed by atoms with Crippen molar-refractivity contribution in [1.29, 1.82) is 0 Å². The summed E-state index contributed by atoms with van der Waals surface area (Å²) in [6.45, 7) is 6.42. The summed E-state index contributed by atoms with van der Waals surface area (Å²) in [6, 6.07) is 8.24. The van der Waals surface area contributed by atoms with Crippen LogP contribution in [0.1, 0.15) is 44.6 Å². The number of ether oxygens (including phenoxy) is 1. The number of piperidine rings is 1. The number of methoxy groups -OCH3 is 1. The largest absolute Gasteiger partial charge is 0.497 e. The second kappa shape index (κ2) is 8.28. The molecule has 1 aromatic rings. The van der Waals surface area contributed by atoms with Crippen molar-refractivity contribution in [3.63, 3.8) is 0 Å². The highest BCUT2D eigenvalue weighted by molar-refractivity contribution is 7.89. The van der Waals surface area contributed by atoms with E-state index in [2.05, 4.69) is 17.0 Å². The predicted molar refractivity (Wildman–Crippen MR) is 105 cm³/mol. The Morgan fingerprint density at radius 3 is 2.81 bits per heavy atom. The van der Waals surface area contributed by atoms with Gasteiger partial charge < -0.3 is 4.74 Å². The highest BCUT2D eigenvalue weighted by Gasteiger charge is 2.44. The van der Waals surface area contributed by atoms with E-state index < -0.39 is 10.0 Å². The average Bonchev–Trinajstić information content (AvgIpc) is 3.04. The van der Waals surface area contributed by atoms with Gasteiger partial charge in [0.1, 0.15) is 5.75 Å². The fourth-order valence-corrected chi connectivity index (χ4v) is 6.15. The van der Waals surface area contributed by atoms with Gasteiger partial charge in [-0.05, 0) is 55.3 Å². The van der Waals surface area contributed by atoms with E-state index in [0.717, 1.165) is 57.5 Å². The van der Waals surface area contributed by atoms with Gasteiger partial charge in [0.25, 0.3) is 0 Å². The summed E-state index contributed by atoms with van der Waals surface area (Å²) in [5, 5.41) is 0. The lowest BCUT2D eigenvalue weighted by Gasteiger charge is -2.40. The summed E-state index contributed by atoms with van der Waals surface area (Å²) in [5.41, 5.74) is 1.39. The molecular formula is C20H32N2O3S. The minimum atomic E-state index is -3.08. The van der Waals surface area contributed by atoms with Gasteiger partial charge in [-0.2, -0.15) is 0 Å². The summed E-state index contributed by atoms with van der Waals surface area (Å²) < 4.78 is 32.2. The molecule has 1 aromatic carbocycles. The molecule has 146 valence electrons. The Labute approximate surface area is 158 Å². The smallest absolute Gasteiger partial charge is 0.214 e. The Kier molecular flexibility index (Phi) is 6.25. The maximum Gasteiger partial charge on any atom is 0.214 e. The Bertz CT molecular complexity index is 707. The molecule has 2 aliphatic rings. The highest BCUT2D eigenvalue weighted by atomic mass is 32.2. The molecule has 0 saturated carbocycles. The summed E-state index contributed by atoms with van der Waals surface area (Å²) >= 11 is 0. The van der Waals surface area contributed by atoms with E-state index >= 15 is 0 Å². The first-order valence-electron chi connectivity index (χ1n) is 9.79. The van der Waals surface area contributed by atoms with Gasteiger partial charge in [-0.1, -0.05) is 25.5 Å². The van der Waals surface area contributed by atoms with E-state index in [1.165, 1.54) is 5.56 Å². The monoisotopic (exact) mass is 380 g/mol. The van der Waals surface area contributed by atoms with Crippen LogP contribution in [0.4, 0.5) is 0 Å². The van der Waals surface area contributed by atoms with Crippen LogP contribution in [0.2, 0.25) is 0 Å². The first kappa shape index (κ1) is 19.6. The molecule has 26 heavy (non-hydrogen) atoms. The first-order valence-corrected chi connectivity index (χ1v) is 11.4. The number of likely N-dealkylation sites (tertiary alicyclic amines) is 1. The van der Waals surface area contributed by atoms with E-state index in [1.807, 2.05) is 19.1 Å². The normalized spacial score (nSPS) is 25.0. The molecule has 0 aliphatic carbocycles. The number of hydrogen-bond donors (Lipinski definition) is 0. The quantitative estimate of drug-likeness (QED) is 0.729. The standard InChI is InChI=1S/C20H32N2O3S/c1-3-4-13-26(23,24)22-12-10-20(17-22)9-6-11-21(16-20)15-18-7-5-8-19(14-18)25-2/h5,7-8,14H,3-4,6,9-13,15-17H2,1-2H3. The summed E-state index contributed by atoms with van der Waals surface area (Å²) in [5.74, 6) is 1.19. The van der Waals surface area contributed by atoms with Gasteiger partial charge in [-0.15, -0.1) is 0 Å². The molecule has 0 N–H and O–H groups in total. The molecular weight excluding hydrogens is 348 g/mol. The molecule has 1 spiro atoms. The minimum Gasteiger partial charge on any atom is -0.497 e. The maximum absolute atomic E-state index is 12.6. The molecule has 6 heteroatoms. The Hall–Kier alpha value is -1.11. The van der Waals surface area contributed by atoms with Crippen LogP contribution in [0, 0.1) is 5.41 Å². The molecule has 0 aromatic heterocycles. The molecule has 0 radical (unpaired) electrons. The van der Waals surface area contributed by atoms with Crippen molar-refractivity contribution in [2.75, 3.05) is 39.0 Å². The SMILES string of the molecule is CCCCS(=O)(=O)N1CCC2(CCCN(Cc3cccc(OC)c3)C2)C1. The number of unbranched alkanes of at least 4 members (excludes halogenated alkanes) is 1. The van der Waals surface area contributed by atoms with Crippen LogP contribution in [0.25, 0.3) is 0 Å². The third kappa shape index (κ3) is 4.59. The van der Waals surface area contributed by atoms with Gasteiger partial charge in [0.2, 0.25) is 10.0 Å². The van der Waals surface area contributed by atoms with Gasteiger partial charge in [0.05, 0.1) is 12.9 Å². The average molecular weight is 381 g/mol. The van der Waals surface area contributed by atoms with Crippen molar-refractivity contribution in [2.24, 2.45) is 5.41 Å². The van der Waals surface area contributed by atoms with Crippen LogP contribution >= 0.6 is 0 Å². The Morgan fingerprint density at radius 2 is 2.04 bits per heavy atom. The number of benzene rings is 1. The van der Waals surface area contributed by atoms with Crippen LogP contribution in [-0.2, 0) is 16.6 Å². The zero-order valence-electron chi connectivity index (χ0n) is 16.1. The summed E-state index contributed by atoms with van der Waals surface area (Å²) in [4.78, 5) is 2.49. The van der Waals surface area contributed by atoms with E-state index in [9.17, 15) is 8.42 Å². The molecule has 0 amide bonds. The lowest BCUT2D eigenvalue weighted by molar-refractivity contribution is 0.0934. The molecule has 2 aliphatic heterocycles. The van der Waals surface area contributed by atoms with Crippen molar-refractivity contribution < 1.29 is 13.2 Å². The summed E-state index contributed by atoms with van der Waals surface area (Å²) in [7, 11) is -1.39. The zero-order valence-corrected chi connectivity index (χ0v) is 16.9. The predicted octanol–water partition coefficient (Wildman–Crippen LogP) is 3.11. The number of nitrogens with zero attached hydrogens (tertiary/aromatic N) is 2. The summed E-state index contributed by atoms with van der Waals surface area (Å²) in [6.07, 6.45) is 4.96. The van der Waals surface area contributed by atoms with Crippen LogP contribution in [0.5, 0.6) is 5.75 Å². The minimum absolute atomic E-state index is 0.135. The third-order valence-corrected chi connectivity index (χ3v) is 7.74. The fourth-order valence-electron chi connectivity index (χ4n) is 4.39. The van der Waals surface area contributed by atoms with Crippen LogP contribution < -0.4 is 4.74 Å². The number of sulfonamides is 1. The van der Waals surface area contributed by atoms with E-state index in [0.29, 0.717) is 18.8 Å². The van der Waals surface area contributed by atoms with Gasteiger partial charge in [0.15, 0.2) is 0 Å². The second-order valence-electron chi connectivity index (χ2n) is 7.92. The van der Waals surface area contributed by atoms with Crippen molar-refractivity contribution in [1.82, 2.24) is 9.21 Å². The number of rotatable bonds is 7.